The van der Waals surface area contributed by atoms with Crippen molar-refractivity contribution in [3.05, 3.63) is 122 Å². The Labute approximate surface area is 463 Å². The number of thiazole rings is 1. The molecule has 0 amide bonds. The molecule has 0 aliphatic heterocycles. The lowest BCUT2D eigenvalue weighted by Gasteiger charge is -2.27. The number of hydrogen-bond donors (Lipinski definition) is 2. The summed E-state index contributed by atoms with van der Waals surface area (Å²) < 4.78 is 46.6. The number of esters is 4. The van der Waals surface area contributed by atoms with Crippen molar-refractivity contribution in [2.24, 2.45) is 23.7 Å². The van der Waals surface area contributed by atoms with E-state index in [1.807, 2.05) is 60.7 Å². The molecule has 0 unspecified atom stereocenters. The molecule has 7 rings (SSSR count). The molecule has 4 aromatic carbocycles. The lowest BCUT2D eigenvalue weighted by molar-refractivity contribution is -0.141. The van der Waals surface area contributed by atoms with Crippen LogP contribution in [0.4, 0.5) is 5.13 Å². The molecule has 2 saturated carbocycles. The second kappa shape index (κ2) is 33.8. The van der Waals surface area contributed by atoms with Gasteiger partial charge in [-0.05, 0) is 200 Å². The van der Waals surface area contributed by atoms with Crippen molar-refractivity contribution in [2.45, 2.75) is 110 Å². The van der Waals surface area contributed by atoms with Crippen LogP contribution in [0.25, 0.3) is 10.2 Å². The highest BCUT2D eigenvalue weighted by atomic mass is 32.1. The number of unbranched alkanes of at least 4 members (excludes halogenated alkanes) is 6. The van der Waals surface area contributed by atoms with E-state index < -0.39 is 11.9 Å². The average molecular weight is 1090 g/mol. The maximum Gasteiger partial charge on any atom is 0.330 e. The monoisotopic (exact) mass is 1090 g/mol. The Balaban J connectivity index is 0.000000715. The Hall–Kier alpha value is -7.20. The van der Waals surface area contributed by atoms with Crippen LogP contribution in [0.1, 0.15) is 115 Å². The molecule has 16 heteroatoms. The maximum absolute atomic E-state index is 13.0. The van der Waals surface area contributed by atoms with E-state index >= 15 is 0 Å². The molecule has 78 heavy (non-hydrogen) atoms. The van der Waals surface area contributed by atoms with Crippen LogP contribution in [0.15, 0.2) is 116 Å². The minimum absolute atomic E-state index is 0.157. The first-order chi connectivity index (χ1) is 38.1. The maximum atomic E-state index is 13.0. The van der Waals surface area contributed by atoms with Crippen LogP contribution < -0.4 is 33.7 Å². The highest BCUT2D eigenvalue weighted by Crippen LogP contribution is 2.34. The van der Waals surface area contributed by atoms with E-state index in [1.54, 1.807) is 35.6 Å². The molecule has 2 N–H and O–H groups in total. The molecule has 2 aliphatic rings. The molecule has 0 atom stereocenters. The van der Waals surface area contributed by atoms with Crippen molar-refractivity contribution in [3.63, 3.8) is 0 Å². The van der Waals surface area contributed by atoms with Crippen molar-refractivity contribution >= 4 is 56.8 Å². The van der Waals surface area contributed by atoms with Gasteiger partial charge in [-0.15, -0.1) is 0 Å². The van der Waals surface area contributed by atoms with Crippen molar-refractivity contribution in [1.29, 1.82) is 5.41 Å². The SMILES string of the molecule is C=CC(=O)OCCCCCCOc1ccc(OC(=O)C2CCC(COc3ccc(OCC4CCC(C(=O)Oc5ccc(OCCCCCCOC(=O)C=C)cc5)CC4)c(C=N)c3)CC2)cc1.CCNc1nc2ccccc2s1. The average Bonchev–Trinajstić information content (AvgIpc) is 3.89. The molecule has 2 aliphatic carbocycles. The highest BCUT2D eigenvalue weighted by Gasteiger charge is 2.30. The summed E-state index contributed by atoms with van der Waals surface area (Å²) in [5.41, 5.74) is 1.73. The Morgan fingerprint density at radius 1 is 0.577 bits per heavy atom. The van der Waals surface area contributed by atoms with Gasteiger partial charge in [-0.25, -0.2) is 14.6 Å². The first kappa shape index (κ1) is 60.0. The van der Waals surface area contributed by atoms with Crippen molar-refractivity contribution in [1.82, 2.24) is 4.98 Å². The van der Waals surface area contributed by atoms with Crippen LogP contribution in [0, 0.1) is 29.1 Å². The standard InChI is InChI=1S/C53H67NO12.C9H10N2S/c1-3-50(55)61-33-11-7-5-9-31-59-44-21-25-46(26-22-44)65-52(57)41-17-13-39(14-18-41)37-63-48-29-30-49(43(35-48)36-54)64-38-40-15-19-42(20-16-40)53(58)66-47-27-23-45(24-28-47)60-32-10-6-8-12-34-62-51(56)4-2;1-2-10-9-11-7-5-3-4-6-8(7)12-9/h3-4,21-30,35-36,39-42,54H,1-2,5-20,31-34,37-38H2;3-6H,2H2,1H3,(H,10,11). The number of fused-ring (bicyclic) bond motifs is 1. The van der Waals surface area contributed by atoms with Crippen LogP contribution in [0.2, 0.25) is 0 Å². The molecule has 2 fully saturated rings. The lowest BCUT2D eigenvalue weighted by atomic mass is 9.82. The molecular weight excluding hydrogens is 1010 g/mol. The van der Waals surface area contributed by atoms with E-state index in [0.29, 0.717) is 80.0 Å². The van der Waals surface area contributed by atoms with Gasteiger partial charge in [0.15, 0.2) is 5.13 Å². The van der Waals surface area contributed by atoms with Crippen molar-refractivity contribution in [2.75, 3.05) is 51.5 Å². The summed E-state index contributed by atoms with van der Waals surface area (Å²) >= 11 is 1.70. The van der Waals surface area contributed by atoms with E-state index in [-0.39, 0.29) is 23.8 Å². The third-order valence-corrected chi connectivity index (χ3v) is 14.6. The number of nitrogens with zero attached hydrogens (tertiary/aromatic N) is 1. The number of anilines is 1. The van der Waals surface area contributed by atoms with Crippen LogP contribution >= 0.6 is 11.3 Å². The van der Waals surface area contributed by atoms with Gasteiger partial charge in [-0.1, -0.05) is 36.6 Å². The van der Waals surface area contributed by atoms with Gasteiger partial charge < -0.3 is 48.6 Å². The number of carbonyl (C=O) groups is 4. The Morgan fingerprint density at radius 2 is 1.04 bits per heavy atom. The van der Waals surface area contributed by atoms with Crippen LogP contribution in [-0.2, 0) is 28.7 Å². The third-order valence-electron chi connectivity index (χ3n) is 13.6. The zero-order valence-corrected chi connectivity index (χ0v) is 46.0. The number of aromatic nitrogens is 1. The predicted molar refractivity (Wildman–Crippen MR) is 304 cm³/mol. The van der Waals surface area contributed by atoms with Gasteiger partial charge in [0.1, 0.15) is 34.5 Å². The number of ether oxygens (including phenoxy) is 8. The summed E-state index contributed by atoms with van der Waals surface area (Å²) in [6, 6.07) is 28.0. The molecule has 1 aromatic heterocycles. The quantitative estimate of drug-likeness (QED) is 0.0140. The molecule has 5 aromatic rings. The zero-order chi connectivity index (χ0) is 55.2. The number of benzene rings is 4. The Morgan fingerprint density at radius 3 is 1.51 bits per heavy atom. The Kier molecular flexibility index (Phi) is 26.1. The third kappa shape index (κ3) is 21.3. The molecule has 418 valence electrons. The van der Waals surface area contributed by atoms with Gasteiger partial charge in [-0.3, -0.25) is 9.59 Å². The van der Waals surface area contributed by atoms with Gasteiger partial charge in [0.25, 0.3) is 0 Å². The van der Waals surface area contributed by atoms with Crippen molar-refractivity contribution < 1.29 is 57.1 Å². The van der Waals surface area contributed by atoms with Crippen LogP contribution in [0.5, 0.6) is 34.5 Å². The predicted octanol–water partition coefficient (Wildman–Crippen LogP) is 13.3. The first-order valence-corrected chi connectivity index (χ1v) is 28.4. The first-order valence-electron chi connectivity index (χ1n) is 27.6. The molecule has 0 spiro atoms. The summed E-state index contributed by atoms with van der Waals surface area (Å²) in [6.45, 7) is 12.8. The highest BCUT2D eigenvalue weighted by molar-refractivity contribution is 7.22. The second-order valence-corrected chi connectivity index (χ2v) is 20.5. The number of carbonyl (C=O) groups excluding carboxylic acids is 4. The molecule has 0 bridgehead atoms. The number of nitrogens with one attached hydrogen (secondary N) is 2. The molecule has 15 nitrogen and oxygen atoms in total. The smallest absolute Gasteiger partial charge is 0.330 e. The molecule has 1 heterocycles. The van der Waals surface area contributed by atoms with Gasteiger partial charge in [0.05, 0.1) is 61.7 Å². The summed E-state index contributed by atoms with van der Waals surface area (Å²) in [5.74, 6) is 2.81. The van der Waals surface area contributed by atoms with E-state index in [4.69, 9.17) is 43.3 Å². The van der Waals surface area contributed by atoms with Crippen molar-refractivity contribution in [3.8, 4) is 34.5 Å². The van der Waals surface area contributed by atoms with Gasteiger partial charge >= 0.3 is 23.9 Å². The van der Waals surface area contributed by atoms with Gasteiger partial charge in [0.2, 0.25) is 0 Å². The number of hydrogen-bond acceptors (Lipinski definition) is 16. The summed E-state index contributed by atoms with van der Waals surface area (Å²) in [7, 11) is 0. The van der Waals surface area contributed by atoms with E-state index in [2.05, 4.69) is 36.4 Å². The Bertz CT molecular complexity index is 2610. The van der Waals surface area contributed by atoms with E-state index in [0.717, 1.165) is 131 Å². The topological polar surface area (TPSA) is 191 Å². The molecular formula is C62H77N3O12S. The number of para-hydroxylation sites is 1. The number of rotatable bonds is 31. The normalized spacial score (nSPS) is 16.7. The zero-order valence-electron chi connectivity index (χ0n) is 45.1. The second-order valence-electron chi connectivity index (χ2n) is 19.5. The van der Waals surface area contributed by atoms with Crippen LogP contribution in [-0.4, -0.2) is 81.3 Å². The van der Waals surface area contributed by atoms with E-state index in [9.17, 15) is 19.2 Å². The van der Waals surface area contributed by atoms with Gasteiger partial charge in [0, 0.05) is 30.5 Å². The minimum atomic E-state index is -0.394. The van der Waals surface area contributed by atoms with Gasteiger partial charge in [-0.2, -0.15) is 0 Å². The summed E-state index contributed by atoms with van der Waals surface area (Å²) in [4.78, 5) is 52.5. The fourth-order valence-electron chi connectivity index (χ4n) is 9.08. The van der Waals surface area contributed by atoms with E-state index in [1.165, 1.54) is 23.1 Å². The lowest BCUT2D eigenvalue weighted by Crippen LogP contribution is -2.28. The summed E-state index contributed by atoms with van der Waals surface area (Å²) in [5, 5.41) is 12.2. The fourth-order valence-corrected chi connectivity index (χ4v) is 10.0. The fraction of sp³-hybridized carbons (Fsp3) is 0.452. The molecule has 0 saturated heterocycles. The molecule has 0 radical (unpaired) electrons. The largest absolute Gasteiger partial charge is 0.494 e. The van der Waals surface area contributed by atoms with Crippen LogP contribution in [0.3, 0.4) is 0 Å². The minimum Gasteiger partial charge on any atom is -0.494 e. The summed E-state index contributed by atoms with van der Waals surface area (Å²) in [6.07, 6.45) is 17.2.